The molecule has 0 saturated heterocycles. The van der Waals surface area contributed by atoms with Crippen molar-refractivity contribution in [3.63, 3.8) is 0 Å². The third-order valence-corrected chi connectivity index (χ3v) is 6.12. The number of anilines is 2. The number of amides is 1. The van der Waals surface area contributed by atoms with E-state index in [1.807, 2.05) is 50.2 Å². The van der Waals surface area contributed by atoms with Crippen LogP contribution in [0.4, 0.5) is 11.4 Å². The van der Waals surface area contributed by atoms with Crippen molar-refractivity contribution in [2.45, 2.75) is 20.4 Å². The summed E-state index contributed by atoms with van der Waals surface area (Å²) in [7, 11) is 0. The minimum atomic E-state index is -0.397. The molecular formula is C30H26N4O4. The molecule has 0 aliphatic heterocycles. The first-order chi connectivity index (χ1) is 18.5. The molecule has 0 saturated carbocycles. The average molecular weight is 507 g/mol. The van der Waals surface area contributed by atoms with Crippen molar-refractivity contribution in [1.82, 2.24) is 15.1 Å². The molecule has 0 aliphatic carbocycles. The zero-order valence-corrected chi connectivity index (χ0v) is 21.0. The van der Waals surface area contributed by atoms with E-state index in [1.165, 1.54) is 10.9 Å². The Hall–Kier alpha value is -5.11. The number of ether oxygens (including phenoxy) is 1. The van der Waals surface area contributed by atoms with Crippen LogP contribution < -0.4 is 20.9 Å². The van der Waals surface area contributed by atoms with Crippen molar-refractivity contribution in [1.29, 1.82) is 0 Å². The van der Waals surface area contributed by atoms with Crippen LogP contribution in [0.15, 0.2) is 107 Å². The van der Waals surface area contributed by atoms with Crippen LogP contribution in [-0.4, -0.2) is 15.7 Å². The molecule has 2 heterocycles. The van der Waals surface area contributed by atoms with Crippen LogP contribution in [0.3, 0.4) is 0 Å². The van der Waals surface area contributed by atoms with Crippen molar-refractivity contribution in [2.24, 2.45) is 0 Å². The average Bonchev–Trinajstić information content (AvgIpc) is 3.46. The molecular weight excluding hydrogens is 480 g/mol. The Labute approximate surface area is 219 Å². The maximum absolute atomic E-state index is 13.7. The number of hydrogen-bond donors (Lipinski definition) is 2. The monoisotopic (exact) mass is 506 g/mol. The fourth-order valence-corrected chi connectivity index (χ4v) is 3.90. The van der Waals surface area contributed by atoms with E-state index in [2.05, 4.69) is 15.7 Å². The number of nitrogens with one attached hydrogen (secondary N) is 2. The normalized spacial score (nSPS) is 10.7. The minimum absolute atomic E-state index is 0.193. The number of carbonyl (C=O) groups excluding carboxylic acids is 1. The van der Waals surface area contributed by atoms with Gasteiger partial charge < -0.3 is 19.8 Å². The van der Waals surface area contributed by atoms with E-state index >= 15 is 0 Å². The van der Waals surface area contributed by atoms with E-state index in [9.17, 15) is 9.59 Å². The first-order valence-electron chi connectivity index (χ1n) is 12.1. The molecule has 0 spiro atoms. The molecule has 38 heavy (non-hydrogen) atoms. The SMILES string of the molecule is Cc1cccc(Oc2cnn(-c3ccccc3)c(=O)c2Nc2cccc(C(=O)NCc3ccco3)c2)c1C. The standard InChI is InChI=1S/C30H26N4O4/c1-20-9-6-15-26(21(20)2)38-27-19-32-34(24-12-4-3-5-13-24)30(36)28(27)33-23-11-7-10-22(17-23)29(35)31-18-25-14-8-16-37-25/h3-17,19,33H,18H2,1-2H3,(H,31,35). The Balaban J connectivity index is 1.49. The van der Waals surface area contributed by atoms with Gasteiger partial charge in [-0.1, -0.05) is 36.4 Å². The summed E-state index contributed by atoms with van der Waals surface area (Å²) in [5.74, 6) is 1.27. The zero-order chi connectivity index (χ0) is 26.5. The Morgan fingerprint density at radius 3 is 2.55 bits per heavy atom. The maximum atomic E-state index is 13.7. The van der Waals surface area contributed by atoms with Crippen molar-refractivity contribution >= 4 is 17.3 Å². The number of rotatable bonds is 8. The summed E-state index contributed by atoms with van der Waals surface area (Å²) < 4.78 is 12.8. The summed E-state index contributed by atoms with van der Waals surface area (Å²) in [5.41, 5.74) is 3.41. The van der Waals surface area contributed by atoms with E-state index < -0.39 is 5.56 Å². The lowest BCUT2D eigenvalue weighted by Gasteiger charge is -2.16. The second-order valence-electron chi connectivity index (χ2n) is 8.70. The highest BCUT2D eigenvalue weighted by Crippen LogP contribution is 2.31. The third-order valence-electron chi connectivity index (χ3n) is 6.12. The lowest BCUT2D eigenvalue weighted by molar-refractivity contribution is 0.0948. The van der Waals surface area contributed by atoms with Gasteiger partial charge in [0.25, 0.3) is 11.5 Å². The van der Waals surface area contributed by atoms with Gasteiger partial charge in [-0.2, -0.15) is 9.78 Å². The topological polar surface area (TPSA) is 98.4 Å². The number of benzene rings is 3. The molecule has 0 bridgehead atoms. The number of hydrogen-bond acceptors (Lipinski definition) is 6. The molecule has 0 atom stereocenters. The molecule has 8 nitrogen and oxygen atoms in total. The molecule has 5 aromatic rings. The Morgan fingerprint density at radius 2 is 1.76 bits per heavy atom. The van der Waals surface area contributed by atoms with Gasteiger partial charge in [0.15, 0.2) is 11.4 Å². The number of aryl methyl sites for hydroxylation is 1. The maximum Gasteiger partial charge on any atom is 0.299 e. The number of para-hydroxylation sites is 1. The van der Waals surface area contributed by atoms with Crippen LogP contribution >= 0.6 is 0 Å². The highest BCUT2D eigenvalue weighted by molar-refractivity contribution is 5.95. The molecule has 8 heteroatoms. The molecule has 0 unspecified atom stereocenters. The van der Waals surface area contributed by atoms with Gasteiger partial charge in [0, 0.05) is 11.3 Å². The lowest BCUT2D eigenvalue weighted by atomic mass is 10.1. The van der Waals surface area contributed by atoms with Crippen LogP contribution in [0.25, 0.3) is 5.69 Å². The molecule has 0 fully saturated rings. The van der Waals surface area contributed by atoms with Gasteiger partial charge in [0.2, 0.25) is 0 Å². The van der Waals surface area contributed by atoms with E-state index in [4.69, 9.17) is 9.15 Å². The van der Waals surface area contributed by atoms with Gasteiger partial charge >= 0.3 is 0 Å². The van der Waals surface area contributed by atoms with Gasteiger partial charge in [-0.25, -0.2) is 0 Å². The van der Waals surface area contributed by atoms with Gasteiger partial charge in [-0.05, 0) is 73.5 Å². The quantitative estimate of drug-likeness (QED) is 0.272. The molecule has 190 valence electrons. The highest BCUT2D eigenvalue weighted by Gasteiger charge is 2.17. The molecule has 2 N–H and O–H groups in total. The van der Waals surface area contributed by atoms with Gasteiger partial charge in [0.05, 0.1) is 24.7 Å². The van der Waals surface area contributed by atoms with Gasteiger partial charge in [0.1, 0.15) is 11.5 Å². The van der Waals surface area contributed by atoms with Crippen LogP contribution in [0.1, 0.15) is 27.2 Å². The predicted octanol–water partition coefficient (Wildman–Crippen LogP) is 5.91. The van der Waals surface area contributed by atoms with E-state index in [0.717, 1.165) is 11.1 Å². The first-order valence-corrected chi connectivity index (χ1v) is 12.1. The highest BCUT2D eigenvalue weighted by atomic mass is 16.5. The molecule has 3 aromatic carbocycles. The summed E-state index contributed by atoms with van der Waals surface area (Å²) in [4.78, 5) is 26.4. The third kappa shape index (κ3) is 5.34. The summed E-state index contributed by atoms with van der Waals surface area (Å²) in [6.45, 7) is 4.22. The summed E-state index contributed by atoms with van der Waals surface area (Å²) in [6, 6.07) is 25.3. The fourth-order valence-electron chi connectivity index (χ4n) is 3.90. The van der Waals surface area contributed by atoms with Crippen LogP contribution in [0.2, 0.25) is 0 Å². The lowest BCUT2D eigenvalue weighted by Crippen LogP contribution is -2.24. The largest absolute Gasteiger partial charge is 0.467 e. The van der Waals surface area contributed by atoms with Crippen molar-refractivity contribution in [2.75, 3.05) is 5.32 Å². The predicted molar refractivity (Wildman–Crippen MR) is 145 cm³/mol. The van der Waals surface area contributed by atoms with Crippen LogP contribution in [-0.2, 0) is 6.54 Å². The van der Waals surface area contributed by atoms with E-state index in [0.29, 0.717) is 28.4 Å². The first kappa shape index (κ1) is 24.6. The van der Waals surface area contributed by atoms with Crippen molar-refractivity contribution in [3.05, 3.63) is 130 Å². The van der Waals surface area contributed by atoms with Gasteiger partial charge in [-0.3, -0.25) is 9.59 Å². The van der Waals surface area contributed by atoms with Crippen LogP contribution in [0, 0.1) is 13.8 Å². The van der Waals surface area contributed by atoms with Crippen molar-refractivity contribution < 1.29 is 13.9 Å². The molecule has 5 rings (SSSR count). The zero-order valence-electron chi connectivity index (χ0n) is 21.0. The molecule has 0 radical (unpaired) electrons. The number of furan rings is 1. The Kier molecular flexibility index (Phi) is 7.04. The Morgan fingerprint density at radius 1 is 0.947 bits per heavy atom. The molecule has 1 amide bonds. The number of nitrogens with zero attached hydrogens (tertiary/aromatic N) is 2. The number of carbonyl (C=O) groups is 1. The van der Waals surface area contributed by atoms with E-state index in [-0.39, 0.29) is 23.9 Å². The second-order valence-corrected chi connectivity index (χ2v) is 8.70. The summed E-state index contributed by atoms with van der Waals surface area (Å²) in [5, 5.41) is 10.4. The fraction of sp³-hybridized carbons (Fsp3) is 0.100. The van der Waals surface area contributed by atoms with Crippen molar-refractivity contribution in [3.8, 4) is 17.2 Å². The molecule has 2 aromatic heterocycles. The molecule has 0 aliphatic rings. The summed E-state index contributed by atoms with van der Waals surface area (Å²) >= 11 is 0. The summed E-state index contributed by atoms with van der Waals surface area (Å²) in [6.07, 6.45) is 3.07. The Bertz CT molecular complexity index is 1630. The smallest absolute Gasteiger partial charge is 0.299 e. The van der Waals surface area contributed by atoms with Gasteiger partial charge in [-0.15, -0.1) is 0 Å². The van der Waals surface area contributed by atoms with Crippen LogP contribution in [0.5, 0.6) is 11.5 Å². The minimum Gasteiger partial charge on any atom is -0.467 e. The second kappa shape index (κ2) is 10.9. The van der Waals surface area contributed by atoms with E-state index in [1.54, 1.807) is 54.8 Å². The number of aromatic nitrogens is 2.